The molecule has 1 aliphatic rings. The van der Waals surface area contributed by atoms with Crippen LogP contribution in [0.3, 0.4) is 0 Å². The van der Waals surface area contributed by atoms with Crippen molar-refractivity contribution in [2.24, 2.45) is 0 Å². The lowest BCUT2D eigenvalue weighted by Crippen LogP contribution is -2.55. The molecule has 0 aliphatic carbocycles. The fourth-order valence-corrected chi connectivity index (χ4v) is 2.03. The van der Waals surface area contributed by atoms with E-state index in [1.165, 1.54) is 12.5 Å². The molecule has 1 saturated heterocycles. The normalized spacial score (nSPS) is 19.5. The second-order valence-corrected chi connectivity index (χ2v) is 4.75. The number of anilines is 2. The molecule has 7 nitrogen and oxygen atoms in total. The number of aromatic nitrogens is 2. The van der Waals surface area contributed by atoms with Gasteiger partial charge in [0.1, 0.15) is 12.4 Å². The third kappa shape index (κ3) is 3.11. The Bertz CT molecular complexity index is 452. The van der Waals surface area contributed by atoms with E-state index >= 15 is 0 Å². The highest BCUT2D eigenvalue weighted by Crippen LogP contribution is 2.22. The average Bonchev–Trinajstić information content (AvgIpc) is 2.38. The predicted octanol–water partition coefficient (Wildman–Crippen LogP) is -0.211. The number of rotatable bonds is 3. The Morgan fingerprint density at radius 3 is 3.11 bits per heavy atom. The molecule has 0 radical (unpaired) electrons. The van der Waals surface area contributed by atoms with Crippen molar-refractivity contribution in [2.45, 2.75) is 25.9 Å². The van der Waals surface area contributed by atoms with Crippen LogP contribution in [0.5, 0.6) is 0 Å². The molecule has 0 spiro atoms. The minimum absolute atomic E-state index is 0.0762. The highest BCUT2D eigenvalue weighted by molar-refractivity contribution is 5.86. The lowest BCUT2D eigenvalue weighted by atomic mass is 10.2. The van der Waals surface area contributed by atoms with Gasteiger partial charge in [-0.25, -0.2) is 9.97 Å². The Morgan fingerprint density at radius 2 is 2.42 bits per heavy atom. The zero-order valence-corrected chi connectivity index (χ0v) is 11.2. The van der Waals surface area contributed by atoms with Crippen LogP contribution in [0.25, 0.3) is 0 Å². The van der Waals surface area contributed by atoms with Crippen molar-refractivity contribution in [1.82, 2.24) is 15.3 Å². The van der Waals surface area contributed by atoms with Crippen LogP contribution in [0.4, 0.5) is 11.5 Å². The van der Waals surface area contributed by atoms with E-state index in [0.29, 0.717) is 31.3 Å². The standard InChI is InChI=1S/C12H19N5O2/c1-8(2)16-12(18)10-6-19-4-3-17(10)11-9(13)5-14-7-15-11/h5,7-8,10H,3-4,6,13H2,1-2H3,(H,16,18). The van der Waals surface area contributed by atoms with Crippen LogP contribution in [0.1, 0.15) is 13.8 Å². The van der Waals surface area contributed by atoms with E-state index in [-0.39, 0.29) is 11.9 Å². The zero-order chi connectivity index (χ0) is 13.8. The van der Waals surface area contributed by atoms with Crippen molar-refractivity contribution in [3.8, 4) is 0 Å². The van der Waals surface area contributed by atoms with Crippen molar-refractivity contribution in [2.75, 3.05) is 30.4 Å². The monoisotopic (exact) mass is 265 g/mol. The molecule has 1 atom stereocenters. The van der Waals surface area contributed by atoms with Gasteiger partial charge in [-0.2, -0.15) is 0 Å². The van der Waals surface area contributed by atoms with Gasteiger partial charge < -0.3 is 20.7 Å². The van der Waals surface area contributed by atoms with Crippen LogP contribution >= 0.6 is 0 Å². The van der Waals surface area contributed by atoms with Crippen LogP contribution < -0.4 is 16.0 Å². The number of amides is 1. The number of nitrogens with one attached hydrogen (secondary N) is 1. The summed E-state index contributed by atoms with van der Waals surface area (Å²) in [5.41, 5.74) is 6.34. The van der Waals surface area contributed by atoms with Crippen LogP contribution in [0.15, 0.2) is 12.5 Å². The van der Waals surface area contributed by atoms with E-state index in [4.69, 9.17) is 10.5 Å². The second-order valence-electron chi connectivity index (χ2n) is 4.75. The summed E-state index contributed by atoms with van der Waals surface area (Å²) in [4.78, 5) is 22.1. The first kappa shape index (κ1) is 13.5. The van der Waals surface area contributed by atoms with Gasteiger partial charge in [0.15, 0.2) is 5.82 Å². The molecule has 7 heteroatoms. The smallest absolute Gasteiger partial charge is 0.245 e. The van der Waals surface area contributed by atoms with Gasteiger partial charge in [-0.05, 0) is 13.8 Å². The largest absolute Gasteiger partial charge is 0.394 e. The maximum Gasteiger partial charge on any atom is 0.245 e. The summed E-state index contributed by atoms with van der Waals surface area (Å²) in [6, 6.07) is -0.327. The number of nitrogens with zero attached hydrogens (tertiary/aromatic N) is 3. The van der Waals surface area contributed by atoms with E-state index in [1.807, 2.05) is 18.7 Å². The van der Waals surface area contributed by atoms with Crippen LogP contribution in [-0.4, -0.2) is 47.7 Å². The van der Waals surface area contributed by atoms with Crippen molar-refractivity contribution in [3.05, 3.63) is 12.5 Å². The Labute approximate surface area is 112 Å². The third-order valence-electron chi connectivity index (χ3n) is 2.85. The van der Waals surface area contributed by atoms with E-state index in [2.05, 4.69) is 15.3 Å². The number of carbonyl (C=O) groups excluding carboxylic acids is 1. The molecular weight excluding hydrogens is 246 g/mol. The molecular formula is C12H19N5O2. The molecule has 104 valence electrons. The van der Waals surface area contributed by atoms with Gasteiger partial charge in [-0.15, -0.1) is 0 Å². The van der Waals surface area contributed by atoms with Crippen molar-refractivity contribution in [1.29, 1.82) is 0 Å². The summed E-state index contributed by atoms with van der Waals surface area (Å²) in [5.74, 6) is 0.509. The molecule has 0 bridgehead atoms. The molecule has 19 heavy (non-hydrogen) atoms. The molecule has 1 aromatic rings. The summed E-state index contributed by atoms with van der Waals surface area (Å²) >= 11 is 0. The van der Waals surface area contributed by atoms with Crippen LogP contribution in [-0.2, 0) is 9.53 Å². The molecule has 0 aromatic carbocycles. The third-order valence-corrected chi connectivity index (χ3v) is 2.85. The zero-order valence-electron chi connectivity index (χ0n) is 11.2. The Morgan fingerprint density at radius 1 is 1.63 bits per heavy atom. The predicted molar refractivity (Wildman–Crippen MR) is 71.7 cm³/mol. The van der Waals surface area contributed by atoms with E-state index in [0.717, 1.165) is 0 Å². The van der Waals surface area contributed by atoms with Crippen LogP contribution in [0.2, 0.25) is 0 Å². The molecule has 0 saturated carbocycles. The van der Waals surface area contributed by atoms with Gasteiger partial charge >= 0.3 is 0 Å². The fourth-order valence-electron chi connectivity index (χ4n) is 2.03. The number of hydrogen-bond donors (Lipinski definition) is 2. The highest BCUT2D eigenvalue weighted by atomic mass is 16.5. The number of carbonyl (C=O) groups is 1. The van der Waals surface area contributed by atoms with Crippen molar-refractivity contribution < 1.29 is 9.53 Å². The first-order valence-corrected chi connectivity index (χ1v) is 6.30. The molecule has 1 aliphatic heterocycles. The van der Waals surface area contributed by atoms with Gasteiger partial charge in [0, 0.05) is 12.6 Å². The lowest BCUT2D eigenvalue weighted by Gasteiger charge is -2.36. The molecule has 2 rings (SSSR count). The number of nitrogens with two attached hydrogens (primary N) is 1. The molecule has 2 heterocycles. The lowest BCUT2D eigenvalue weighted by molar-refractivity contribution is -0.125. The first-order valence-electron chi connectivity index (χ1n) is 6.30. The average molecular weight is 265 g/mol. The summed E-state index contributed by atoms with van der Waals surface area (Å²) < 4.78 is 5.39. The number of ether oxygens (including phenoxy) is 1. The van der Waals surface area contributed by atoms with Gasteiger partial charge in [0.2, 0.25) is 5.91 Å². The van der Waals surface area contributed by atoms with Crippen LogP contribution in [0, 0.1) is 0 Å². The molecule has 1 amide bonds. The molecule has 1 aromatic heterocycles. The number of nitrogen functional groups attached to an aromatic ring is 1. The molecule has 1 fully saturated rings. The van der Waals surface area contributed by atoms with Crippen molar-refractivity contribution in [3.63, 3.8) is 0 Å². The number of hydrogen-bond acceptors (Lipinski definition) is 6. The maximum atomic E-state index is 12.2. The summed E-state index contributed by atoms with van der Waals surface area (Å²) in [5, 5.41) is 2.89. The summed E-state index contributed by atoms with van der Waals surface area (Å²) in [7, 11) is 0. The summed E-state index contributed by atoms with van der Waals surface area (Å²) in [6.45, 7) is 5.31. The highest BCUT2D eigenvalue weighted by Gasteiger charge is 2.31. The minimum atomic E-state index is -0.409. The van der Waals surface area contributed by atoms with Crippen molar-refractivity contribution >= 4 is 17.4 Å². The summed E-state index contributed by atoms with van der Waals surface area (Å²) in [6.07, 6.45) is 2.97. The second kappa shape index (κ2) is 5.83. The fraction of sp³-hybridized carbons (Fsp3) is 0.583. The van der Waals surface area contributed by atoms with Gasteiger partial charge in [0.25, 0.3) is 0 Å². The SMILES string of the molecule is CC(C)NC(=O)C1COCCN1c1ncncc1N. The Kier molecular flexibility index (Phi) is 4.16. The number of morpholine rings is 1. The van der Waals surface area contributed by atoms with Gasteiger partial charge in [0.05, 0.1) is 25.1 Å². The molecule has 1 unspecified atom stereocenters. The Hall–Kier alpha value is -1.89. The van der Waals surface area contributed by atoms with Gasteiger partial charge in [-0.1, -0.05) is 0 Å². The Balaban J connectivity index is 2.21. The van der Waals surface area contributed by atoms with E-state index in [1.54, 1.807) is 0 Å². The van der Waals surface area contributed by atoms with E-state index < -0.39 is 6.04 Å². The molecule has 3 N–H and O–H groups in total. The first-order chi connectivity index (χ1) is 9.09. The van der Waals surface area contributed by atoms with E-state index in [9.17, 15) is 4.79 Å². The maximum absolute atomic E-state index is 12.2. The van der Waals surface area contributed by atoms with Gasteiger partial charge in [-0.3, -0.25) is 4.79 Å². The topological polar surface area (TPSA) is 93.4 Å². The quantitative estimate of drug-likeness (QED) is 0.785. The minimum Gasteiger partial charge on any atom is -0.394 e.